The quantitative estimate of drug-likeness (QED) is 0.869. The third kappa shape index (κ3) is 3.67. The van der Waals surface area contributed by atoms with Gasteiger partial charge in [0.2, 0.25) is 0 Å². The maximum atomic E-state index is 5.95. The maximum absolute atomic E-state index is 5.95. The molecule has 2 N–H and O–H groups in total. The summed E-state index contributed by atoms with van der Waals surface area (Å²) >= 11 is 9.30. The van der Waals surface area contributed by atoms with Gasteiger partial charge in [-0.3, -0.25) is 0 Å². The molecule has 0 radical (unpaired) electrons. The largest absolute Gasteiger partial charge is 0.325 e. The van der Waals surface area contributed by atoms with Gasteiger partial charge < -0.3 is 5.73 Å². The molecule has 13 heavy (non-hydrogen) atoms. The Kier molecular flexibility index (Phi) is 3.38. The average molecular weight is 263 g/mol. The van der Waals surface area contributed by atoms with Crippen molar-refractivity contribution in [3.8, 4) is 0 Å². The number of rotatable bonds is 2. The lowest BCUT2D eigenvalue weighted by atomic mass is 9.96. The predicted molar refractivity (Wildman–Crippen MR) is 61.1 cm³/mol. The van der Waals surface area contributed by atoms with Crippen LogP contribution in [0, 0.1) is 0 Å². The minimum Gasteiger partial charge on any atom is -0.325 e. The van der Waals surface area contributed by atoms with E-state index in [4.69, 9.17) is 17.3 Å². The van der Waals surface area contributed by atoms with Gasteiger partial charge in [0.05, 0.1) is 5.02 Å². The zero-order valence-corrected chi connectivity index (χ0v) is 10.1. The summed E-state index contributed by atoms with van der Waals surface area (Å²) in [7, 11) is 0. The van der Waals surface area contributed by atoms with Crippen molar-refractivity contribution in [2.45, 2.75) is 25.8 Å². The normalized spacial score (nSPS) is 11.8. The molecule has 1 nitrogen and oxygen atoms in total. The minimum absolute atomic E-state index is 0.183. The fourth-order valence-electron chi connectivity index (χ4n) is 1.18. The summed E-state index contributed by atoms with van der Waals surface area (Å²) in [4.78, 5) is 0. The van der Waals surface area contributed by atoms with Crippen molar-refractivity contribution < 1.29 is 0 Å². The first-order valence-corrected chi connectivity index (χ1v) is 5.28. The van der Waals surface area contributed by atoms with Gasteiger partial charge in [0.25, 0.3) is 0 Å². The smallest absolute Gasteiger partial charge is 0.0550 e. The number of nitrogens with two attached hydrogens (primary N) is 1. The van der Waals surface area contributed by atoms with Gasteiger partial charge in [-0.05, 0) is 53.9 Å². The Bertz CT molecular complexity index is 304. The lowest BCUT2D eigenvalue weighted by molar-refractivity contribution is 0.517. The van der Waals surface area contributed by atoms with Crippen LogP contribution in [-0.4, -0.2) is 5.54 Å². The monoisotopic (exact) mass is 261 g/mol. The van der Waals surface area contributed by atoms with Gasteiger partial charge in [0.1, 0.15) is 0 Å². The molecular formula is C10H13BrClN. The van der Waals surface area contributed by atoms with Crippen LogP contribution in [-0.2, 0) is 6.42 Å². The number of benzene rings is 1. The molecule has 0 bridgehead atoms. The summed E-state index contributed by atoms with van der Waals surface area (Å²) in [5, 5.41) is 0.738. The Morgan fingerprint density at radius 1 is 1.46 bits per heavy atom. The second-order valence-corrected chi connectivity index (χ2v) is 5.18. The molecule has 0 heterocycles. The highest BCUT2D eigenvalue weighted by molar-refractivity contribution is 9.10. The summed E-state index contributed by atoms with van der Waals surface area (Å²) in [6, 6.07) is 5.92. The molecule has 0 atom stereocenters. The molecule has 0 aromatic heterocycles. The second-order valence-electron chi connectivity index (χ2n) is 3.91. The SMILES string of the molecule is CC(C)(N)Cc1ccc(Br)c(Cl)c1. The van der Waals surface area contributed by atoms with Crippen LogP contribution in [0.2, 0.25) is 5.02 Å². The van der Waals surface area contributed by atoms with Crippen LogP contribution in [0.3, 0.4) is 0 Å². The van der Waals surface area contributed by atoms with Gasteiger partial charge in [0, 0.05) is 10.0 Å². The molecule has 1 rings (SSSR count). The topological polar surface area (TPSA) is 26.0 Å². The van der Waals surface area contributed by atoms with Crippen molar-refractivity contribution in [3.05, 3.63) is 33.3 Å². The van der Waals surface area contributed by atoms with Gasteiger partial charge >= 0.3 is 0 Å². The third-order valence-corrected chi connectivity index (χ3v) is 2.88. The lowest BCUT2D eigenvalue weighted by Gasteiger charge is -2.18. The standard InChI is InChI=1S/C10H13BrClN/c1-10(2,13)6-7-3-4-8(11)9(12)5-7/h3-5H,6,13H2,1-2H3. The second kappa shape index (κ2) is 3.99. The van der Waals surface area contributed by atoms with Crippen LogP contribution >= 0.6 is 27.5 Å². The minimum atomic E-state index is -0.183. The first-order valence-electron chi connectivity index (χ1n) is 4.11. The molecule has 0 amide bonds. The molecule has 0 unspecified atom stereocenters. The van der Waals surface area contributed by atoms with E-state index in [1.165, 1.54) is 5.56 Å². The van der Waals surface area contributed by atoms with Crippen LogP contribution in [0.15, 0.2) is 22.7 Å². The highest BCUT2D eigenvalue weighted by Gasteiger charge is 2.12. The van der Waals surface area contributed by atoms with Gasteiger partial charge in [-0.1, -0.05) is 17.7 Å². The fraction of sp³-hybridized carbons (Fsp3) is 0.400. The van der Waals surface area contributed by atoms with Crippen LogP contribution in [0.4, 0.5) is 0 Å². The molecule has 1 aromatic carbocycles. The number of hydrogen-bond acceptors (Lipinski definition) is 1. The summed E-state index contributed by atoms with van der Waals surface area (Å²) in [5.74, 6) is 0. The lowest BCUT2D eigenvalue weighted by Crippen LogP contribution is -2.34. The highest BCUT2D eigenvalue weighted by Crippen LogP contribution is 2.24. The summed E-state index contributed by atoms with van der Waals surface area (Å²) in [6.07, 6.45) is 0.833. The van der Waals surface area contributed by atoms with E-state index in [0.717, 1.165) is 15.9 Å². The summed E-state index contributed by atoms with van der Waals surface area (Å²) in [6.45, 7) is 4.01. The van der Waals surface area contributed by atoms with Crippen molar-refractivity contribution >= 4 is 27.5 Å². The molecule has 1 aromatic rings. The van der Waals surface area contributed by atoms with Gasteiger partial charge in [-0.2, -0.15) is 0 Å². The zero-order valence-electron chi connectivity index (χ0n) is 7.77. The number of halogens is 2. The van der Waals surface area contributed by atoms with Crippen molar-refractivity contribution in [1.29, 1.82) is 0 Å². The Labute approximate surface area is 92.4 Å². The molecule has 0 aliphatic heterocycles. The Balaban J connectivity index is 2.86. The molecule has 0 spiro atoms. The van der Waals surface area contributed by atoms with Crippen LogP contribution in [0.25, 0.3) is 0 Å². The fourth-order valence-corrected chi connectivity index (χ4v) is 1.63. The van der Waals surface area contributed by atoms with E-state index >= 15 is 0 Å². The molecule has 0 saturated carbocycles. The third-order valence-electron chi connectivity index (χ3n) is 1.64. The Morgan fingerprint density at radius 3 is 2.54 bits per heavy atom. The van der Waals surface area contributed by atoms with Gasteiger partial charge in [-0.25, -0.2) is 0 Å². The molecule has 72 valence electrons. The van der Waals surface area contributed by atoms with Crippen LogP contribution in [0.1, 0.15) is 19.4 Å². The van der Waals surface area contributed by atoms with Crippen molar-refractivity contribution in [3.63, 3.8) is 0 Å². The number of hydrogen-bond donors (Lipinski definition) is 1. The molecule has 0 aliphatic rings. The predicted octanol–water partition coefficient (Wildman–Crippen LogP) is 3.38. The van der Waals surface area contributed by atoms with E-state index in [1.54, 1.807) is 0 Å². The maximum Gasteiger partial charge on any atom is 0.0550 e. The van der Waals surface area contributed by atoms with Crippen LogP contribution < -0.4 is 5.73 Å². The van der Waals surface area contributed by atoms with E-state index in [1.807, 2.05) is 32.0 Å². The molecule has 0 fully saturated rings. The molecule has 3 heteroatoms. The van der Waals surface area contributed by atoms with E-state index in [2.05, 4.69) is 15.9 Å². The van der Waals surface area contributed by atoms with Gasteiger partial charge in [0.15, 0.2) is 0 Å². The molecule has 0 saturated heterocycles. The van der Waals surface area contributed by atoms with Crippen molar-refractivity contribution in [2.75, 3.05) is 0 Å². The molecular weight excluding hydrogens is 249 g/mol. The molecule has 0 aliphatic carbocycles. The van der Waals surface area contributed by atoms with E-state index in [9.17, 15) is 0 Å². The average Bonchev–Trinajstić information content (AvgIpc) is 1.94. The summed E-state index contributed by atoms with van der Waals surface area (Å²) in [5.41, 5.74) is 6.88. The van der Waals surface area contributed by atoms with Crippen LogP contribution in [0.5, 0.6) is 0 Å². The van der Waals surface area contributed by atoms with E-state index in [0.29, 0.717) is 0 Å². The zero-order chi connectivity index (χ0) is 10.1. The Morgan fingerprint density at radius 2 is 2.08 bits per heavy atom. The Hall–Kier alpha value is -0.0500. The van der Waals surface area contributed by atoms with Gasteiger partial charge in [-0.15, -0.1) is 0 Å². The van der Waals surface area contributed by atoms with E-state index < -0.39 is 0 Å². The highest BCUT2D eigenvalue weighted by atomic mass is 79.9. The summed E-state index contributed by atoms with van der Waals surface area (Å²) < 4.78 is 0.924. The van der Waals surface area contributed by atoms with E-state index in [-0.39, 0.29) is 5.54 Å². The first kappa shape index (κ1) is 11.0. The first-order chi connectivity index (χ1) is 5.88. The van der Waals surface area contributed by atoms with Crippen molar-refractivity contribution in [1.82, 2.24) is 0 Å². The van der Waals surface area contributed by atoms with Crippen molar-refractivity contribution in [2.24, 2.45) is 5.73 Å².